The van der Waals surface area contributed by atoms with Gasteiger partial charge in [0.05, 0.1) is 32.8 Å². The Bertz CT molecular complexity index is 1450. The van der Waals surface area contributed by atoms with Gasteiger partial charge in [0, 0.05) is 18.7 Å². The molecule has 10 nitrogen and oxygen atoms in total. The molecule has 0 aliphatic carbocycles. The van der Waals surface area contributed by atoms with E-state index < -0.39 is 18.7 Å². The molecule has 2 N–H and O–H groups in total. The number of likely N-dealkylation sites (N-methyl/N-ethyl adjacent to an activating group) is 1. The normalized spacial score (nSPS) is 15.2. The Morgan fingerprint density at radius 1 is 1.15 bits per heavy atom. The van der Waals surface area contributed by atoms with Gasteiger partial charge in [-0.25, -0.2) is 4.98 Å². The van der Waals surface area contributed by atoms with Crippen LogP contribution in [0.25, 0.3) is 0 Å². The van der Waals surface area contributed by atoms with Gasteiger partial charge in [-0.2, -0.15) is 23.3 Å². The molecule has 212 valence electrons. The van der Waals surface area contributed by atoms with Crippen LogP contribution in [0.1, 0.15) is 24.1 Å². The average molecular weight is 618 g/mol. The van der Waals surface area contributed by atoms with Crippen molar-refractivity contribution >= 4 is 63.3 Å². The third-order valence-corrected chi connectivity index (χ3v) is 7.21. The number of nitrogens with zero attached hydrogens (tertiary/aromatic N) is 3. The maximum absolute atomic E-state index is 13.0. The van der Waals surface area contributed by atoms with Gasteiger partial charge < -0.3 is 24.1 Å². The SMILES string of the molecule is COc1cc2c(cc1Nc1ncc(Cl)c(Nc3ccc(OS(=O)(=O)F)cc3OP(C)C)n1)C(C)N(C)CC2.P. The highest BCUT2D eigenvalue weighted by Gasteiger charge is 2.23. The van der Waals surface area contributed by atoms with Crippen LogP contribution >= 0.6 is 29.6 Å². The highest BCUT2D eigenvalue weighted by atomic mass is 35.5. The first kappa shape index (κ1) is 31.0. The lowest BCUT2D eigenvalue weighted by Gasteiger charge is -2.33. The summed E-state index contributed by atoms with van der Waals surface area (Å²) in [7, 11) is -2.39. The van der Waals surface area contributed by atoms with Crippen molar-refractivity contribution in [1.29, 1.82) is 0 Å². The molecule has 39 heavy (non-hydrogen) atoms. The second-order valence-corrected chi connectivity index (χ2v) is 12.0. The summed E-state index contributed by atoms with van der Waals surface area (Å²) >= 11 is 6.38. The fourth-order valence-corrected chi connectivity index (χ4v) is 5.06. The summed E-state index contributed by atoms with van der Waals surface area (Å²) in [5, 5.41) is 6.54. The van der Waals surface area contributed by atoms with Gasteiger partial charge in [0.15, 0.2) is 5.82 Å². The summed E-state index contributed by atoms with van der Waals surface area (Å²) in [5.41, 5.74) is 3.57. The summed E-state index contributed by atoms with van der Waals surface area (Å²) < 4.78 is 50.6. The number of anilines is 4. The maximum atomic E-state index is 13.0. The summed E-state index contributed by atoms with van der Waals surface area (Å²) in [6, 6.07) is 8.36. The monoisotopic (exact) mass is 617 g/mol. The van der Waals surface area contributed by atoms with Crippen LogP contribution in [-0.2, 0) is 16.9 Å². The highest BCUT2D eigenvalue weighted by Crippen LogP contribution is 2.41. The minimum absolute atomic E-state index is 0. The minimum Gasteiger partial charge on any atom is -0.495 e. The van der Waals surface area contributed by atoms with Crippen LogP contribution in [0, 0.1) is 0 Å². The zero-order chi connectivity index (χ0) is 27.6. The quantitative estimate of drug-likeness (QED) is 0.223. The van der Waals surface area contributed by atoms with E-state index in [2.05, 4.69) is 43.7 Å². The molecular formula is C24H31ClFN5O5P2S. The Kier molecular flexibility index (Phi) is 10.2. The van der Waals surface area contributed by atoms with E-state index in [9.17, 15) is 12.3 Å². The second-order valence-electron chi connectivity index (χ2n) is 8.84. The van der Waals surface area contributed by atoms with Crippen molar-refractivity contribution in [3.05, 3.63) is 52.7 Å². The number of ether oxygens (including phenoxy) is 1. The molecule has 0 fully saturated rings. The van der Waals surface area contributed by atoms with Crippen LogP contribution in [0.5, 0.6) is 17.2 Å². The Morgan fingerprint density at radius 2 is 1.90 bits per heavy atom. The first-order valence-corrected chi connectivity index (χ1v) is 15.4. The number of aromatic nitrogens is 2. The van der Waals surface area contributed by atoms with E-state index in [0.29, 0.717) is 17.1 Å². The van der Waals surface area contributed by atoms with E-state index in [1.165, 1.54) is 35.5 Å². The fraction of sp³-hybridized carbons (Fsp3) is 0.333. The van der Waals surface area contributed by atoms with Gasteiger partial charge in [0.2, 0.25) is 5.95 Å². The molecule has 2 aromatic carbocycles. The molecule has 0 amide bonds. The Labute approximate surface area is 237 Å². The molecule has 1 aliphatic rings. The number of hydrogen-bond acceptors (Lipinski definition) is 10. The van der Waals surface area contributed by atoms with Gasteiger partial charge in [-0.3, -0.25) is 4.90 Å². The van der Waals surface area contributed by atoms with Crippen molar-refractivity contribution in [1.82, 2.24) is 14.9 Å². The van der Waals surface area contributed by atoms with Crippen molar-refractivity contribution in [2.75, 3.05) is 44.7 Å². The molecule has 0 saturated carbocycles. The van der Waals surface area contributed by atoms with Crippen LogP contribution in [0.15, 0.2) is 36.5 Å². The fourth-order valence-electron chi connectivity index (χ4n) is 4.05. The topological polar surface area (TPSA) is 115 Å². The number of fused-ring (bicyclic) bond motifs is 1. The van der Waals surface area contributed by atoms with Crippen molar-refractivity contribution < 1.29 is 25.7 Å². The van der Waals surface area contributed by atoms with Crippen molar-refractivity contribution in [3.63, 3.8) is 0 Å². The van der Waals surface area contributed by atoms with E-state index in [1.807, 2.05) is 25.5 Å². The molecule has 2 heterocycles. The van der Waals surface area contributed by atoms with Gasteiger partial charge in [-0.15, -0.1) is 0 Å². The number of halogens is 2. The highest BCUT2D eigenvalue weighted by molar-refractivity contribution is 7.81. The molecular weight excluding hydrogens is 587 g/mol. The summed E-state index contributed by atoms with van der Waals surface area (Å²) in [4.78, 5) is 11.1. The first-order valence-electron chi connectivity index (χ1n) is 11.5. The smallest absolute Gasteiger partial charge is 0.488 e. The lowest BCUT2D eigenvalue weighted by molar-refractivity contribution is 0.247. The predicted molar refractivity (Wildman–Crippen MR) is 159 cm³/mol. The Hall–Kier alpha value is -2.49. The molecule has 3 aromatic rings. The molecule has 1 aromatic heterocycles. The Morgan fingerprint density at radius 3 is 2.56 bits per heavy atom. The number of benzene rings is 2. The van der Waals surface area contributed by atoms with Crippen LogP contribution in [0.3, 0.4) is 0 Å². The van der Waals surface area contributed by atoms with E-state index in [0.717, 1.165) is 13.0 Å². The zero-order valence-corrected chi connectivity index (χ0v) is 26.0. The van der Waals surface area contributed by atoms with Crippen LogP contribution in [0.4, 0.5) is 27.0 Å². The molecule has 4 rings (SSSR count). The van der Waals surface area contributed by atoms with Crippen LogP contribution < -0.4 is 24.1 Å². The van der Waals surface area contributed by atoms with E-state index in [4.69, 9.17) is 20.9 Å². The van der Waals surface area contributed by atoms with E-state index in [1.54, 1.807) is 7.11 Å². The summed E-state index contributed by atoms with van der Waals surface area (Å²) in [6.45, 7) is 6.83. The van der Waals surface area contributed by atoms with Crippen LogP contribution in [-0.4, -0.2) is 57.3 Å². The predicted octanol–water partition coefficient (Wildman–Crippen LogP) is 5.86. The first-order chi connectivity index (χ1) is 17.9. The standard InChI is InChI=1S/C24H28ClFN5O5PS.H3P/c1-14-17-12-20(21(34-3)10-15(17)8-9-31(14)2)29-24-27-13-18(25)23(30-24)28-19-7-6-16(36-38(26,32)33)11-22(19)35-37(4)5;/h6-7,10-14H,8-9H2,1-5H3,(H2,27,28,29,30);1H3. The number of hydrogen-bond donors (Lipinski definition) is 2. The van der Waals surface area contributed by atoms with Crippen molar-refractivity contribution in [2.45, 2.75) is 19.4 Å². The number of nitrogens with one attached hydrogen (secondary N) is 2. The van der Waals surface area contributed by atoms with Crippen molar-refractivity contribution in [2.24, 2.45) is 0 Å². The van der Waals surface area contributed by atoms with Gasteiger partial charge in [0.25, 0.3) is 0 Å². The molecule has 0 bridgehead atoms. The molecule has 0 saturated heterocycles. The number of rotatable bonds is 9. The van der Waals surface area contributed by atoms with E-state index in [-0.39, 0.29) is 44.2 Å². The summed E-state index contributed by atoms with van der Waals surface area (Å²) in [5.74, 6) is 1.21. The van der Waals surface area contributed by atoms with Crippen molar-refractivity contribution in [3.8, 4) is 17.2 Å². The van der Waals surface area contributed by atoms with Crippen LogP contribution in [0.2, 0.25) is 5.02 Å². The van der Waals surface area contributed by atoms with E-state index >= 15 is 0 Å². The molecule has 2 atom stereocenters. The average Bonchev–Trinajstić information content (AvgIpc) is 2.83. The van der Waals surface area contributed by atoms with Gasteiger partial charge in [-0.1, -0.05) is 15.5 Å². The minimum atomic E-state index is -5.19. The van der Waals surface area contributed by atoms with Gasteiger partial charge >= 0.3 is 10.5 Å². The largest absolute Gasteiger partial charge is 0.495 e. The molecule has 15 heteroatoms. The third kappa shape index (κ3) is 7.80. The molecule has 0 radical (unpaired) electrons. The summed E-state index contributed by atoms with van der Waals surface area (Å²) in [6.07, 6.45) is 2.38. The second kappa shape index (κ2) is 12.8. The zero-order valence-electron chi connectivity index (χ0n) is 22.2. The lowest BCUT2D eigenvalue weighted by atomic mass is 9.93. The Balaban J connectivity index is 0.00000420. The lowest BCUT2D eigenvalue weighted by Crippen LogP contribution is -2.30. The van der Waals surface area contributed by atoms with Gasteiger partial charge in [-0.05, 0) is 69.1 Å². The number of methoxy groups -OCH3 is 1. The molecule has 0 spiro atoms. The molecule has 2 unspecified atom stereocenters. The van der Waals surface area contributed by atoms with Gasteiger partial charge in [0.1, 0.15) is 22.3 Å². The third-order valence-electron chi connectivity index (χ3n) is 5.98. The maximum Gasteiger partial charge on any atom is 0.488 e. The molecule has 1 aliphatic heterocycles.